The maximum absolute atomic E-state index is 12.1. The lowest BCUT2D eigenvalue weighted by Crippen LogP contribution is -2.32. The summed E-state index contributed by atoms with van der Waals surface area (Å²) in [7, 11) is 0. The van der Waals surface area contributed by atoms with E-state index in [-0.39, 0.29) is 23.2 Å². The Balaban J connectivity index is 1.94. The predicted molar refractivity (Wildman–Crippen MR) is 109 cm³/mol. The molecular weight excluding hydrogens is 382 g/mol. The smallest absolute Gasteiger partial charge is 0.288 e. The first-order valence-electron chi connectivity index (χ1n) is 8.45. The highest BCUT2D eigenvalue weighted by Gasteiger charge is 2.12. The standard InChI is InChI=1S/C20H20ClN3O4/c1-12-8-13(2)20(14(3)9-12)23-19(26)11-22-18(25)7-5-15-4-6-16(21)17(10-15)24(27)28/h4-10H,11H2,1-3H3,(H,22,25)(H,23,26)/b7-5+. The van der Waals surface area contributed by atoms with E-state index in [0.29, 0.717) is 5.56 Å². The second-order valence-electron chi connectivity index (χ2n) is 6.34. The van der Waals surface area contributed by atoms with Crippen LogP contribution in [0.2, 0.25) is 5.02 Å². The molecule has 0 radical (unpaired) electrons. The van der Waals surface area contributed by atoms with Gasteiger partial charge in [-0.05, 0) is 49.6 Å². The van der Waals surface area contributed by atoms with Crippen molar-refractivity contribution in [1.82, 2.24) is 5.32 Å². The maximum Gasteiger partial charge on any atom is 0.288 e. The van der Waals surface area contributed by atoms with Gasteiger partial charge in [-0.15, -0.1) is 0 Å². The van der Waals surface area contributed by atoms with Gasteiger partial charge in [-0.3, -0.25) is 19.7 Å². The summed E-state index contributed by atoms with van der Waals surface area (Å²) in [6, 6.07) is 8.14. The lowest BCUT2D eigenvalue weighted by Gasteiger charge is -2.13. The van der Waals surface area contributed by atoms with Gasteiger partial charge in [-0.25, -0.2) is 0 Å². The molecule has 2 aromatic carbocycles. The number of carbonyl (C=O) groups excluding carboxylic acids is 2. The number of nitrogens with zero attached hydrogens (tertiary/aromatic N) is 1. The Bertz CT molecular complexity index is 947. The molecule has 2 N–H and O–H groups in total. The van der Waals surface area contributed by atoms with Gasteiger partial charge in [0.1, 0.15) is 5.02 Å². The normalized spacial score (nSPS) is 10.7. The summed E-state index contributed by atoms with van der Waals surface area (Å²) in [5.74, 6) is -0.843. The number of halogens is 1. The molecule has 0 unspecified atom stereocenters. The van der Waals surface area contributed by atoms with Gasteiger partial charge in [0.15, 0.2) is 0 Å². The fraction of sp³-hybridized carbons (Fsp3) is 0.200. The SMILES string of the molecule is Cc1cc(C)c(NC(=O)CNC(=O)/C=C/c2ccc(Cl)c([N+](=O)[O-])c2)c(C)c1. The maximum atomic E-state index is 12.1. The minimum absolute atomic E-state index is 0.0185. The number of aryl methyl sites for hydroxylation is 3. The lowest BCUT2D eigenvalue weighted by molar-refractivity contribution is -0.384. The Morgan fingerprint density at radius 3 is 2.39 bits per heavy atom. The molecule has 7 nitrogen and oxygen atoms in total. The van der Waals surface area contributed by atoms with E-state index in [0.717, 1.165) is 22.4 Å². The average molecular weight is 402 g/mol. The summed E-state index contributed by atoms with van der Waals surface area (Å²) in [6.45, 7) is 5.59. The van der Waals surface area contributed by atoms with E-state index in [1.54, 1.807) is 6.07 Å². The van der Waals surface area contributed by atoms with E-state index < -0.39 is 10.8 Å². The van der Waals surface area contributed by atoms with Gasteiger partial charge in [0.05, 0.1) is 11.5 Å². The van der Waals surface area contributed by atoms with E-state index in [9.17, 15) is 19.7 Å². The largest absolute Gasteiger partial charge is 0.343 e. The molecule has 0 fully saturated rings. The van der Waals surface area contributed by atoms with Crippen molar-refractivity contribution in [3.8, 4) is 0 Å². The Labute approximate surface area is 167 Å². The van der Waals surface area contributed by atoms with Crippen molar-refractivity contribution in [3.63, 3.8) is 0 Å². The predicted octanol–water partition coefficient (Wildman–Crippen LogP) is 3.94. The summed E-state index contributed by atoms with van der Waals surface area (Å²) in [5.41, 5.74) is 3.93. The number of anilines is 1. The Hall–Kier alpha value is -3.19. The first kappa shape index (κ1) is 21.1. The van der Waals surface area contributed by atoms with Gasteiger partial charge in [-0.2, -0.15) is 0 Å². The number of nitrogens with one attached hydrogen (secondary N) is 2. The number of hydrogen-bond donors (Lipinski definition) is 2. The van der Waals surface area contributed by atoms with Gasteiger partial charge in [0, 0.05) is 17.8 Å². The van der Waals surface area contributed by atoms with Gasteiger partial charge in [-0.1, -0.05) is 35.4 Å². The van der Waals surface area contributed by atoms with Crippen molar-refractivity contribution in [3.05, 3.63) is 73.8 Å². The van der Waals surface area contributed by atoms with Crippen molar-refractivity contribution in [2.24, 2.45) is 0 Å². The third-order valence-corrected chi connectivity index (χ3v) is 4.28. The average Bonchev–Trinajstić information content (AvgIpc) is 2.62. The van der Waals surface area contributed by atoms with Gasteiger partial charge < -0.3 is 10.6 Å². The van der Waals surface area contributed by atoms with Crippen molar-refractivity contribution in [2.45, 2.75) is 20.8 Å². The van der Waals surface area contributed by atoms with Crippen LogP contribution < -0.4 is 10.6 Å². The quantitative estimate of drug-likeness (QED) is 0.434. The molecule has 0 spiro atoms. The first-order chi connectivity index (χ1) is 13.2. The number of nitro groups is 1. The van der Waals surface area contributed by atoms with E-state index in [1.807, 2.05) is 32.9 Å². The van der Waals surface area contributed by atoms with E-state index >= 15 is 0 Å². The third kappa shape index (κ3) is 5.65. The van der Waals surface area contributed by atoms with Crippen LogP contribution in [0.3, 0.4) is 0 Å². The zero-order valence-corrected chi connectivity index (χ0v) is 16.5. The lowest BCUT2D eigenvalue weighted by atomic mass is 10.1. The topological polar surface area (TPSA) is 101 Å². The number of carbonyl (C=O) groups is 2. The third-order valence-electron chi connectivity index (χ3n) is 3.96. The molecule has 0 saturated heterocycles. The molecule has 0 bridgehead atoms. The zero-order valence-electron chi connectivity index (χ0n) is 15.7. The fourth-order valence-corrected chi connectivity index (χ4v) is 2.92. The molecule has 2 amide bonds. The van der Waals surface area contributed by atoms with Crippen molar-refractivity contribution >= 4 is 40.9 Å². The molecule has 0 aromatic heterocycles. The molecule has 0 saturated carbocycles. The molecule has 8 heteroatoms. The van der Waals surface area contributed by atoms with Gasteiger partial charge in [0.2, 0.25) is 11.8 Å². The number of hydrogen-bond acceptors (Lipinski definition) is 4. The number of amides is 2. The van der Waals surface area contributed by atoms with E-state index in [1.165, 1.54) is 24.3 Å². The number of benzene rings is 2. The second-order valence-corrected chi connectivity index (χ2v) is 6.75. The van der Waals surface area contributed by atoms with Crippen molar-refractivity contribution < 1.29 is 14.5 Å². The van der Waals surface area contributed by atoms with Crippen molar-refractivity contribution in [1.29, 1.82) is 0 Å². The minimum atomic E-state index is -0.598. The molecule has 146 valence electrons. The van der Waals surface area contributed by atoms with E-state index in [4.69, 9.17) is 11.6 Å². The molecule has 2 rings (SSSR count). The zero-order chi connectivity index (χ0) is 20.8. The first-order valence-corrected chi connectivity index (χ1v) is 8.82. The van der Waals surface area contributed by atoms with Gasteiger partial charge >= 0.3 is 0 Å². The minimum Gasteiger partial charge on any atom is -0.343 e. The molecular formula is C20H20ClN3O4. The summed E-state index contributed by atoms with van der Waals surface area (Å²) >= 11 is 5.75. The Kier molecular flexibility index (Phi) is 6.89. The molecule has 0 aliphatic heterocycles. The highest BCUT2D eigenvalue weighted by Crippen LogP contribution is 2.25. The molecule has 0 aliphatic rings. The number of rotatable bonds is 6. The highest BCUT2D eigenvalue weighted by atomic mass is 35.5. The van der Waals surface area contributed by atoms with E-state index in [2.05, 4.69) is 10.6 Å². The summed E-state index contributed by atoms with van der Waals surface area (Å²) < 4.78 is 0. The van der Waals surface area contributed by atoms with Crippen LogP contribution in [0.15, 0.2) is 36.4 Å². The summed E-state index contributed by atoms with van der Waals surface area (Å²) in [6.07, 6.45) is 2.60. The van der Waals surface area contributed by atoms with Crippen LogP contribution >= 0.6 is 11.6 Å². The molecule has 28 heavy (non-hydrogen) atoms. The van der Waals surface area contributed by atoms with Crippen molar-refractivity contribution in [2.75, 3.05) is 11.9 Å². The van der Waals surface area contributed by atoms with Crippen LogP contribution in [-0.4, -0.2) is 23.3 Å². The van der Waals surface area contributed by atoms with Gasteiger partial charge in [0.25, 0.3) is 5.69 Å². The van der Waals surface area contributed by atoms with Crippen LogP contribution in [0, 0.1) is 30.9 Å². The molecule has 0 aliphatic carbocycles. The highest BCUT2D eigenvalue weighted by molar-refractivity contribution is 6.32. The molecule has 2 aromatic rings. The molecule has 0 heterocycles. The Morgan fingerprint density at radius 2 is 1.79 bits per heavy atom. The molecule has 0 atom stereocenters. The summed E-state index contributed by atoms with van der Waals surface area (Å²) in [4.78, 5) is 34.3. The van der Waals surface area contributed by atoms with Crippen LogP contribution in [0.25, 0.3) is 6.08 Å². The monoisotopic (exact) mass is 401 g/mol. The van der Waals surface area contributed by atoms with Crippen LogP contribution in [0.4, 0.5) is 11.4 Å². The number of nitro benzene ring substituents is 1. The van der Waals surface area contributed by atoms with Crippen LogP contribution in [-0.2, 0) is 9.59 Å². The van der Waals surface area contributed by atoms with Crippen LogP contribution in [0.1, 0.15) is 22.3 Å². The summed E-state index contributed by atoms with van der Waals surface area (Å²) in [5, 5.41) is 16.2. The fourth-order valence-electron chi connectivity index (χ4n) is 2.73. The second kappa shape index (κ2) is 9.14. The van der Waals surface area contributed by atoms with Crippen LogP contribution in [0.5, 0.6) is 0 Å². The Morgan fingerprint density at radius 1 is 1.14 bits per heavy atom.